The third kappa shape index (κ3) is 1.77. The molecule has 0 saturated heterocycles. The van der Waals surface area contributed by atoms with Crippen LogP contribution in [-0.2, 0) is 11.8 Å². The van der Waals surface area contributed by atoms with Crippen LogP contribution in [0.1, 0.15) is 12.5 Å². The molecule has 0 aliphatic carbocycles. The Morgan fingerprint density at radius 3 is 2.91 bits per heavy atom. The van der Waals surface area contributed by atoms with Crippen molar-refractivity contribution in [2.24, 2.45) is 7.05 Å². The van der Waals surface area contributed by atoms with E-state index in [1.807, 2.05) is 20.2 Å². The van der Waals surface area contributed by atoms with Gasteiger partial charge in [0.15, 0.2) is 0 Å². The Bertz CT molecular complexity index is 286. The molecule has 1 heterocycles. The van der Waals surface area contributed by atoms with Crippen molar-refractivity contribution >= 4 is 11.9 Å². The zero-order chi connectivity index (χ0) is 8.27. The Labute approximate surface area is 65.3 Å². The van der Waals surface area contributed by atoms with Gasteiger partial charge in [0, 0.05) is 18.8 Å². The molecule has 0 atom stereocenters. The van der Waals surface area contributed by atoms with Crippen molar-refractivity contribution < 1.29 is 4.79 Å². The molecule has 1 aromatic heterocycles. The van der Waals surface area contributed by atoms with Crippen molar-refractivity contribution in [3.63, 3.8) is 0 Å². The number of carbonyl (C=O) groups is 1. The average molecular weight is 150 g/mol. The maximum atomic E-state index is 10.1. The highest BCUT2D eigenvalue weighted by molar-refractivity contribution is 5.80. The van der Waals surface area contributed by atoms with E-state index < -0.39 is 0 Å². The van der Waals surface area contributed by atoms with Crippen molar-refractivity contribution in [2.75, 3.05) is 0 Å². The van der Waals surface area contributed by atoms with Gasteiger partial charge in [0.05, 0.1) is 6.20 Å². The molecule has 3 heteroatoms. The van der Waals surface area contributed by atoms with Crippen molar-refractivity contribution in [2.45, 2.75) is 6.92 Å². The van der Waals surface area contributed by atoms with Gasteiger partial charge in [-0.3, -0.25) is 9.48 Å². The minimum atomic E-state index is 0.780. The number of hydrogen-bond acceptors (Lipinski definition) is 2. The lowest BCUT2D eigenvalue weighted by Gasteiger charge is -1.90. The molecule has 58 valence electrons. The maximum Gasteiger partial charge on any atom is 0.143 e. The maximum absolute atomic E-state index is 10.1. The Kier molecular flexibility index (Phi) is 2.21. The van der Waals surface area contributed by atoms with Gasteiger partial charge in [0.2, 0.25) is 0 Å². The molecule has 0 aliphatic heterocycles. The SMILES string of the molecule is C/C(=C\C=O)c1cnn(C)c1. The van der Waals surface area contributed by atoms with E-state index in [2.05, 4.69) is 5.10 Å². The number of nitrogens with zero attached hydrogens (tertiary/aromatic N) is 2. The van der Waals surface area contributed by atoms with E-state index in [0.717, 1.165) is 17.4 Å². The summed E-state index contributed by atoms with van der Waals surface area (Å²) in [5.41, 5.74) is 1.92. The summed E-state index contributed by atoms with van der Waals surface area (Å²) in [6, 6.07) is 0. The number of carbonyl (C=O) groups excluding carboxylic acids is 1. The molecule has 0 aromatic carbocycles. The lowest BCUT2D eigenvalue weighted by molar-refractivity contribution is -0.104. The predicted octanol–water partition coefficient (Wildman–Crippen LogP) is 1.02. The highest BCUT2D eigenvalue weighted by atomic mass is 16.1. The van der Waals surface area contributed by atoms with Gasteiger partial charge >= 0.3 is 0 Å². The molecule has 1 aromatic rings. The Morgan fingerprint density at radius 2 is 2.45 bits per heavy atom. The van der Waals surface area contributed by atoms with E-state index in [1.54, 1.807) is 10.9 Å². The highest BCUT2D eigenvalue weighted by Gasteiger charge is 1.96. The van der Waals surface area contributed by atoms with Gasteiger partial charge in [-0.2, -0.15) is 5.10 Å². The van der Waals surface area contributed by atoms with Gasteiger partial charge in [0.25, 0.3) is 0 Å². The van der Waals surface area contributed by atoms with Gasteiger partial charge in [-0.25, -0.2) is 0 Å². The first kappa shape index (κ1) is 7.72. The average Bonchev–Trinajstić information content (AvgIpc) is 2.36. The van der Waals surface area contributed by atoms with E-state index in [-0.39, 0.29) is 0 Å². The zero-order valence-electron chi connectivity index (χ0n) is 6.61. The minimum Gasteiger partial charge on any atom is -0.299 e. The third-order valence-electron chi connectivity index (χ3n) is 1.48. The second-order valence-electron chi connectivity index (χ2n) is 2.39. The van der Waals surface area contributed by atoms with Crippen molar-refractivity contribution in [1.82, 2.24) is 9.78 Å². The number of aryl methyl sites for hydroxylation is 1. The molecular formula is C8H10N2O. The topological polar surface area (TPSA) is 34.9 Å². The second kappa shape index (κ2) is 3.14. The van der Waals surface area contributed by atoms with E-state index in [4.69, 9.17) is 0 Å². The molecule has 3 nitrogen and oxygen atoms in total. The van der Waals surface area contributed by atoms with Crippen molar-refractivity contribution in [3.8, 4) is 0 Å². The quantitative estimate of drug-likeness (QED) is 0.466. The summed E-state index contributed by atoms with van der Waals surface area (Å²) in [5, 5.41) is 3.98. The summed E-state index contributed by atoms with van der Waals surface area (Å²) >= 11 is 0. The fourth-order valence-corrected chi connectivity index (χ4v) is 0.823. The predicted molar refractivity (Wildman–Crippen MR) is 42.9 cm³/mol. The number of hydrogen-bond donors (Lipinski definition) is 0. The van der Waals surface area contributed by atoms with Crippen LogP contribution in [0.5, 0.6) is 0 Å². The summed E-state index contributed by atoms with van der Waals surface area (Å²) in [6.45, 7) is 1.88. The molecular weight excluding hydrogens is 140 g/mol. The molecule has 0 unspecified atom stereocenters. The third-order valence-corrected chi connectivity index (χ3v) is 1.48. The first-order valence-electron chi connectivity index (χ1n) is 3.35. The molecule has 0 fully saturated rings. The Balaban J connectivity index is 2.93. The van der Waals surface area contributed by atoms with Gasteiger partial charge in [-0.1, -0.05) is 0 Å². The molecule has 0 spiro atoms. The molecule has 0 saturated carbocycles. The van der Waals surface area contributed by atoms with Crippen LogP contribution in [0.4, 0.5) is 0 Å². The number of aldehydes is 1. The van der Waals surface area contributed by atoms with Gasteiger partial charge < -0.3 is 0 Å². The Morgan fingerprint density at radius 1 is 1.73 bits per heavy atom. The smallest absolute Gasteiger partial charge is 0.143 e. The summed E-state index contributed by atoms with van der Waals surface area (Å²) in [6.07, 6.45) is 5.91. The van der Waals surface area contributed by atoms with Gasteiger partial charge in [-0.15, -0.1) is 0 Å². The summed E-state index contributed by atoms with van der Waals surface area (Å²) in [5.74, 6) is 0. The largest absolute Gasteiger partial charge is 0.299 e. The van der Waals surface area contributed by atoms with Crippen molar-refractivity contribution in [1.29, 1.82) is 0 Å². The van der Waals surface area contributed by atoms with Crippen LogP contribution in [0.15, 0.2) is 18.5 Å². The van der Waals surface area contributed by atoms with Gasteiger partial charge in [0.1, 0.15) is 6.29 Å². The first-order chi connectivity index (χ1) is 5.24. The van der Waals surface area contributed by atoms with Crippen LogP contribution in [0.25, 0.3) is 5.57 Å². The zero-order valence-corrected chi connectivity index (χ0v) is 6.61. The van der Waals surface area contributed by atoms with E-state index in [0.29, 0.717) is 0 Å². The molecule has 0 amide bonds. The molecule has 0 radical (unpaired) electrons. The van der Waals surface area contributed by atoms with Gasteiger partial charge in [-0.05, 0) is 18.6 Å². The number of rotatable bonds is 2. The summed E-state index contributed by atoms with van der Waals surface area (Å²) in [7, 11) is 1.84. The normalized spacial score (nSPS) is 11.6. The minimum absolute atomic E-state index is 0.780. The number of aromatic nitrogens is 2. The van der Waals surface area contributed by atoms with E-state index in [1.165, 1.54) is 6.08 Å². The molecule has 0 aliphatic rings. The summed E-state index contributed by atoms with van der Waals surface area (Å²) in [4.78, 5) is 10.1. The molecule has 1 rings (SSSR count). The molecule has 0 bridgehead atoms. The van der Waals surface area contributed by atoms with E-state index >= 15 is 0 Å². The van der Waals surface area contributed by atoms with Crippen LogP contribution in [0.2, 0.25) is 0 Å². The van der Waals surface area contributed by atoms with Crippen LogP contribution < -0.4 is 0 Å². The standard InChI is InChI=1S/C8H10N2O/c1-7(3-4-11)8-5-9-10(2)6-8/h3-6H,1-2H3/b7-3+. The second-order valence-corrected chi connectivity index (χ2v) is 2.39. The van der Waals surface area contributed by atoms with Crippen LogP contribution in [0.3, 0.4) is 0 Å². The van der Waals surface area contributed by atoms with Crippen molar-refractivity contribution in [3.05, 3.63) is 24.0 Å². The lowest BCUT2D eigenvalue weighted by atomic mass is 10.2. The summed E-state index contributed by atoms with van der Waals surface area (Å²) < 4.78 is 1.71. The monoisotopic (exact) mass is 150 g/mol. The molecule has 0 N–H and O–H groups in total. The fourth-order valence-electron chi connectivity index (χ4n) is 0.823. The highest BCUT2D eigenvalue weighted by Crippen LogP contribution is 2.10. The van der Waals surface area contributed by atoms with Crippen LogP contribution in [0, 0.1) is 0 Å². The first-order valence-corrected chi connectivity index (χ1v) is 3.35. The molecule has 11 heavy (non-hydrogen) atoms. The Hall–Kier alpha value is -1.38. The number of allylic oxidation sites excluding steroid dienone is 2. The fraction of sp³-hybridized carbons (Fsp3) is 0.250. The van der Waals surface area contributed by atoms with E-state index in [9.17, 15) is 4.79 Å². The lowest BCUT2D eigenvalue weighted by Crippen LogP contribution is -1.84. The van der Waals surface area contributed by atoms with Crippen LogP contribution >= 0.6 is 0 Å². The van der Waals surface area contributed by atoms with Crippen LogP contribution in [-0.4, -0.2) is 16.1 Å².